The third-order valence-corrected chi connectivity index (χ3v) is 4.89. The van der Waals surface area contributed by atoms with Crippen molar-refractivity contribution in [3.63, 3.8) is 0 Å². The second kappa shape index (κ2) is 10.9. The second-order valence-corrected chi connectivity index (χ2v) is 7.57. The van der Waals surface area contributed by atoms with Gasteiger partial charge < -0.3 is 4.74 Å². The molecule has 138 valence electrons. The Hall–Kier alpha value is -1.98. The zero-order valence-corrected chi connectivity index (χ0v) is 16.5. The minimum atomic E-state index is -0.261. The van der Waals surface area contributed by atoms with E-state index in [0.29, 0.717) is 5.02 Å². The van der Waals surface area contributed by atoms with Crippen LogP contribution in [0.1, 0.15) is 32.3 Å². The largest absolute Gasteiger partial charge is 0.494 e. The lowest BCUT2D eigenvalue weighted by Crippen LogP contribution is -2.26. The van der Waals surface area contributed by atoms with Gasteiger partial charge in [-0.15, -0.1) is 11.8 Å². The van der Waals surface area contributed by atoms with Gasteiger partial charge in [-0.1, -0.05) is 24.9 Å². The fourth-order valence-electron chi connectivity index (χ4n) is 2.02. The molecule has 26 heavy (non-hydrogen) atoms. The molecule has 6 heteroatoms. The number of hydrogen-bond donors (Lipinski definition) is 1. The van der Waals surface area contributed by atoms with Gasteiger partial charge in [0.2, 0.25) is 0 Å². The Morgan fingerprint density at radius 2 is 1.92 bits per heavy atom. The molecule has 0 heterocycles. The van der Waals surface area contributed by atoms with Gasteiger partial charge in [0, 0.05) is 9.92 Å². The molecule has 0 aliphatic rings. The molecule has 0 radical (unpaired) electrons. The van der Waals surface area contributed by atoms with Crippen LogP contribution in [-0.2, 0) is 4.79 Å². The number of hydrazone groups is 1. The molecule has 2 aromatic carbocycles. The smallest absolute Gasteiger partial charge is 0.253 e. The van der Waals surface area contributed by atoms with Crippen molar-refractivity contribution in [2.24, 2.45) is 5.10 Å². The molecular weight excluding hydrogens is 368 g/mol. The molecule has 0 saturated heterocycles. The van der Waals surface area contributed by atoms with Crippen LogP contribution in [0.2, 0.25) is 5.02 Å². The Bertz CT molecular complexity index is 718. The monoisotopic (exact) mass is 390 g/mol. The molecule has 0 spiro atoms. The molecule has 4 nitrogen and oxygen atoms in total. The number of benzene rings is 2. The van der Waals surface area contributed by atoms with Crippen molar-refractivity contribution >= 4 is 35.5 Å². The van der Waals surface area contributed by atoms with Gasteiger partial charge in [-0.2, -0.15) is 5.10 Å². The van der Waals surface area contributed by atoms with E-state index >= 15 is 0 Å². The maximum absolute atomic E-state index is 12.1. The molecule has 1 amide bonds. The third-order valence-electron chi connectivity index (χ3n) is 3.53. The molecule has 2 rings (SSSR count). The van der Waals surface area contributed by atoms with Crippen LogP contribution >= 0.6 is 23.4 Å². The van der Waals surface area contributed by atoms with Crippen LogP contribution in [0.25, 0.3) is 0 Å². The maximum Gasteiger partial charge on any atom is 0.253 e. The van der Waals surface area contributed by atoms with Gasteiger partial charge in [-0.05, 0) is 67.4 Å². The van der Waals surface area contributed by atoms with Crippen molar-refractivity contribution in [2.45, 2.75) is 36.8 Å². The summed E-state index contributed by atoms with van der Waals surface area (Å²) in [4.78, 5) is 13.1. The summed E-state index contributed by atoms with van der Waals surface area (Å²) in [6.45, 7) is 4.70. The van der Waals surface area contributed by atoms with Crippen molar-refractivity contribution in [3.8, 4) is 5.75 Å². The van der Waals surface area contributed by atoms with E-state index in [1.54, 1.807) is 6.21 Å². The number of thioether (sulfide) groups is 1. The highest BCUT2D eigenvalue weighted by atomic mass is 35.5. The molecule has 1 N–H and O–H groups in total. The minimum Gasteiger partial charge on any atom is -0.494 e. The van der Waals surface area contributed by atoms with E-state index < -0.39 is 0 Å². The van der Waals surface area contributed by atoms with Gasteiger partial charge in [-0.25, -0.2) is 5.43 Å². The molecule has 0 aliphatic heterocycles. The Labute approximate surface area is 164 Å². The van der Waals surface area contributed by atoms with Gasteiger partial charge in [0.05, 0.1) is 18.1 Å². The number of nitrogens with zero attached hydrogens (tertiary/aromatic N) is 1. The number of amides is 1. The van der Waals surface area contributed by atoms with Crippen LogP contribution in [0.3, 0.4) is 0 Å². The second-order valence-electron chi connectivity index (χ2n) is 5.72. The highest BCUT2D eigenvalue weighted by Crippen LogP contribution is 2.24. The molecule has 2 aromatic rings. The molecule has 1 atom stereocenters. The summed E-state index contributed by atoms with van der Waals surface area (Å²) >= 11 is 7.32. The average molecular weight is 391 g/mol. The summed E-state index contributed by atoms with van der Waals surface area (Å²) in [7, 11) is 0. The Balaban J connectivity index is 1.79. The summed E-state index contributed by atoms with van der Waals surface area (Å²) < 4.78 is 5.61. The summed E-state index contributed by atoms with van der Waals surface area (Å²) in [5.41, 5.74) is 3.47. The lowest BCUT2D eigenvalue weighted by atomic mass is 10.2. The molecular formula is C20H23ClN2O2S. The fraction of sp³-hybridized carbons (Fsp3) is 0.300. The van der Waals surface area contributed by atoms with Crippen molar-refractivity contribution in [1.29, 1.82) is 0 Å². The number of nitrogens with one attached hydrogen (secondary N) is 1. The molecule has 0 bridgehead atoms. The SMILES string of the molecule is CCCCOc1ccc(/C=N\NC(=O)[C@@H](C)Sc2ccc(Cl)cc2)cc1. The number of unbranched alkanes of at least 4 members (excludes halogenated alkanes) is 1. The number of rotatable bonds is 9. The third kappa shape index (κ3) is 7.10. The first-order chi connectivity index (χ1) is 12.6. The molecule has 0 aliphatic carbocycles. The van der Waals surface area contributed by atoms with Gasteiger partial charge in [0.15, 0.2) is 0 Å². The quantitative estimate of drug-likeness (QED) is 0.279. The Morgan fingerprint density at radius 3 is 2.58 bits per heavy atom. The number of ether oxygens (including phenoxy) is 1. The first kappa shape index (κ1) is 20.3. The zero-order valence-electron chi connectivity index (χ0n) is 14.9. The van der Waals surface area contributed by atoms with E-state index in [2.05, 4.69) is 17.5 Å². The van der Waals surface area contributed by atoms with Crippen molar-refractivity contribution in [2.75, 3.05) is 6.61 Å². The number of carbonyl (C=O) groups excluding carboxylic acids is 1. The van der Waals surface area contributed by atoms with Crippen LogP contribution < -0.4 is 10.2 Å². The highest BCUT2D eigenvalue weighted by molar-refractivity contribution is 8.00. The van der Waals surface area contributed by atoms with Crippen LogP contribution in [-0.4, -0.2) is 24.0 Å². The number of carbonyl (C=O) groups is 1. The van der Waals surface area contributed by atoms with E-state index in [9.17, 15) is 4.79 Å². The Morgan fingerprint density at radius 1 is 1.23 bits per heavy atom. The number of halogens is 1. The van der Waals surface area contributed by atoms with E-state index in [4.69, 9.17) is 16.3 Å². The molecule has 0 saturated carbocycles. The fourth-order valence-corrected chi connectivity index (χ4v) is 3.00. The van der Waals surface area contributed by atoms with Crippen molar-refractivity contribution < 1.29 is 9.53 Å². The minimum absolute atomic E-state index is 0.152. The first-order valence-corrected chi connectivity index (χ1v) is 9.82. The van der Waals surface area contributed by atoms with Gasteiger partial charge in [0.25, 0.3) is 5.91 Å². The lowest BCUT2D eigenvalue weighted by molar-refractivity contribution is -0.120. The normalized spacial score (nSPS) is 12.1. The molecule has 0 unspecified atom stereocenters. The summed E-state index contributed by atoms with van der Waals surface area (Å²) in [6.07, 6.45) is 3.77. The molecule has 0 aromatic heterocycles. The number of hydrogen-bond acceptors (Lipinski definition) is 4. The molecule has 0 fully saturated rings. The van der Waals surface area contributed by atoms with Crippen LogP contribution in [0.15, 0.2) is 58.5 Å². The standard InChI is InChI=1S/C20H23ClN2O2S/c1-3-4-13-25-18-9-5-16(6-10-18)14-22-23-20(24)15(2)26-19-11-7-17(21)8-12-19/h5-12,14-15H,3-4,13H2,1-2H3,(H,23,24)/b22-14-/t15-/m1/s1. The summed E-state index contributed by atoms with van der Waals surface area (Å²) in [6, 6.07) is 15.0. The van der Waals surface area contributed by atoms with Crippen molar-refractivity contribution in [1.82, 2.24) is 5.43 Å². The van der Waals surface area contributed by atoms with Crippen LogP contribution in [0.5, 0.6) is 5.75 Å². The van der Waals surface area contributed by atoms with Gasteiger partial charge in [0.1, 0.15) is 5.75 Å². The van der Waals surface area contributed by atoms with Crippen LogP contribution in [0, 0.1) is 0 Å². The lowest BCUT2D eigenvalue weighted by Gasteiger charge is -2.09. The van der Waals surface area contributed by atoms with E-state index in [1.807, 2.05) is 55.5 Å². The summed E-state index contributed by atoms with van der Waals surface area (Å²) in [5.74, 6) is 0.688. The topological polar surface area (TPSA) is 50.7 Å². The predicted octanol–water partition coefficient (Wildman–Crippen LogP) is 5.15. The van der Waals surface area contributed by atoms with E-state index in [-0.39, 0.29) is 11.2 Å². The van der Waals surface area contributed by atoms with Gasteiger partial charge in [-0.3, -0.25) is 4.79 Å². The first-order valence-electron chi connectivity index (χ1n) is 8.56. The van der Waals surface area contributed by atoms with Gasteiger partial charge >= 0.3 is 0 Å². The maximum atomic E-state index is 12.1. The van der Waals surface area contributed by atoms with Crippen LogP contribution in [0.4, 0.5) is 0 Å². The zero-order chi connectivity index (χ0) is 18.8. The highest BCUT2D eigenvalue weighted by Gasteiger charge is 2.13. The van der Waals surface area contributed by atoms with E-state index in [1.165, 1.54) is 11.8 Å². The Kier molecular flexibility index (Phi) is 8.51. The predicted molar refractivity (Wildman–Crippen MR) is 109 cm³/mol. The summed E-state index contributed by atoms with van der Waals surface area (Å²) in [5, 5.41) is 4.44. The van der Waals surface area contributed by atoms with E-state index in [0.717, 1.165) is 35.7 Å². The van der Waals surface area contributed by atoms with Crippen molar-refractivity contribution in [3.05, 3.63) is 59.1 Å². The average Bonchev–Trinajstić information content (AvgIpc) is 2.65.